The number of carbonyl (C=O) groups is 1. The summed E-state index contributed by atoms with van der Waals surface area (Å²) in [5, 5.41) is 3.01. The quantitative estimate of drug-likeness (QED) is 0.748. The number of nitrogens with two attached hydrogens (primary N) is 1. The Kier molecular flexibility index (Phi) is 8.80. The van der Waals surface area contributed by atoms with Gasteiger partial charge < -0.3 is 20.7 Å². The van der Waals surface area contributed by atoms with E-state index in [1.54, 1.807) is 0 Å². The number of pyridine rings is 1. The Labute approximate surface area is 174 Å². The number of rotatable bonds is 3. The van der Waals surface area contributed by atoms with Crippen molar-refractivity contribution >= 4 is 36.5 Å². The minimum atomic E-state index is -4.38. The maximum atomic E-state index is 12.6. The molecule has 3 heterocycles. The van der Waals surface area contributed by atoms with Gasteiger partial charge in [0.2, 0.25) is 5.91 Å². The lowest BCUT2D eigenvalue weighted by molar-refractivity contribution is -0.137. The van der Waals surface area contributed by atoms with Crippen molar-refractivity contribution in [3.05, 3.63) is 23.9 Å². The average Bonchev–Trinajstić information content (AvgIpc) is 2.62. The van der Waals surface area contributed by atoms with Crippen LogP contribution < -0.4 is 16.0 Å². The van der Waals surface area contributed by atoms with E-state index in [2.05, 4.69) is 10.3 Å². The van der Waals surface area contributed by atoms with Crippen LogP contribution in [-0.2, 0) is 15.7 Å². The molecule has 11 heteroatoms. The maximum Gasteiger partial charge on any atom is 0.417 e. The lowest BCUT2D eigenvalue weighted by atomic mass is 9.89. The third-order valence-electron chi connectivity index (χ3n) is 5.07. The number of carbonyl (C=O) groups excluding carboxylic acids is 1. The molecule has 1 amide bonds. The number of piperidine rings is 1. The molecule has 0 aliphatic carbocycles. The lowest BCUT2D eigenvalue weighted by Crippen LogP contribution is -2.59. The van der Waals surface area contributed by atoms with Gasteiger partial charge in [-0.15, -0.1) is 24.8 Å². The van der Waals surface area contributed by atoms with Gasteiger partial charge in [0.05, 0.1) is 11.1 Å². The van der Waals surface area contributed by atoms with Crippen molar-refractivity contribution in [1.82, 2.24) is 10.3 Å². The highest BCUT2D eigenvalue weighted by Crippen LogP contribution is 2.30. The number of nitrogens with one attached hydrogen (secondary N) is 1. The highest BCUT2D eigenvalue weighted by atomic mass is 35.5. The number of ether oxygens (including phenoxy) is 1. The molecule has 0 spiro atoms. The highest BCUT2D eigenvalue weighted by Gasteiger charge is 2.37. The van der Waals surface area contributed by atoms with E-state index in [0.29, 0.717) is 57.8 Å². The third-order valence-corrected chi connectivity index (χ3v) is 5.07. The smallest absolute Gasteiger partial charge is 0.381 e. The molecule has 0 saturated carbocycles. The molecule has 1 aromatic rings. The van der Waals surface area contributed by atoms with E-state index in [9.17, 15) is 18.0 Å². The van der Waals surface area contributed by atoms with Crippen LogP contribution in [0.2, 0.25) is 0 Å². The van der Waals surface area contributed by atoms with E-state index in [4.69, 9.17) is 10.5 Å². The van der Waals surface area contributed by atoms with Crippen LogP contribution in [0.3, 0.4) is 0 Å². The molecule has 3 rings (SSSR count). The zero-order valence-electron chi connectivity index (χ0n) is 15.2. The molecule has 0 atom stereocenters. The summed E-state index contributed by atoms with van der Waals surface area (Å²) >= 11 is 0. The minimum Gasteiger partial charge on any atom is -0.381 e. The Bertz CT molecular complexity index is 632. The maximum absolute atomic E-state index is 12.6. The van der Waals surface area contributed by atoms with Gasteiger partial charge in [0.1, 0.15) is 5.82 Å². The molecule has 2 aliphatic heterocycles. The van der Waals surface area contributed by atoms with Gasteiger partial charge in [-0.3, -0.25) is 4.79 Å². The van der Waals surface area contributed by atoms with Crippen molar-refractivity contribution < 1.29 is 22.7 Å². The van der Waals surface area contributed by atoms with Crippen LogP contribution in [0.5, 0.6) is 0 Å². The fraction of sp³-hybridized carbons (Fsp3) is 0.647. The molecule has 2 aliphatic rings. The largest absolute Gasteiger partial charge is 0.417 e. The number of aromatic nitrogens is 1. The Balaban J connectivity index is 0.00000196. The minimum absolute atomic E-state index is 0. The molecule has 0 unspecified atom stereocenters. The summed E-state index contributed by atoms with van der Waals surface area (Å²) in [5.41, 5.74) is 4.56. The number of hydrogen-bond donors (Lipinski definition) is 2. The van der Waals surface area contributed by atoms with Crippen molar-refractivity contribution in [1.29, 1.82) is 0 Å². The number of hydrogen-bond acceptors (Lipinski definition) is 5. The van der Waals surface area contributed by atoms with Gasteiger partial charge in [-0.2, -0.15) is 13.2 Å². The molecule has 1 aromatic heterocycles. The zero-order valence-corrected chi connectivity index (χ0v) is 16.8. The van der Waals surface area contributed by atoms with Gasteiger partial charge in [-0.05, 0) is 37.8 Å². The van der Waals surface area contributed by atoms with Crippen LogP contribution >= 0.6 is 24.8 Å². The number of anilines is 1. The van der Waals surface area contributed by atoms with E-state index in [1.807, 2.05) is 4.90 Å². The predicted molar refractivity (Wildman–Crippen MR) is 104 cm³/mol. The monoisotopic (exact) mass is 444 g/mol. The first-order valence-corrected chi connectivity index (χ1v) is 8.74. The second-order valence-electron chi connectivity index (χ2n) is 6.91. The van der Waals surface area contributed by atoms with Crippen molar-refractivity contribution in [2.24, 2.45) is 5.73 Å². The SMILES string of the molecule is Cl.Cl.NC1(C(=O)NC2CCN(c3ccc(C(F)(F)F)cn3)CC2)CCOCC1. The van der Waals surface area contributed by atoms with Crippen molar-refractivity contribution in [2.45, 2.75) is 43.4 Å². The molecule has 3 N–H and O–H groups in total. The second-order valence-corrected chi connectivity index (χ2v) is 6.91. The van der Waals surface area contributed by atoms with Gasteiger partial charge in [0, 0.05) is 38.5 Å². The topological polar surface area (TPSA) is 80.5 Å². The third kappa shape index (κ3) is 5.85. The summed E-state index contributed by atoms with van der Waals surface area (Å²) in [6.45, 7) is 2.21. The summed E-state index contributed by atoms with van der Waals surface area (Å²) in [6.07, 6.45) is -1.12. The van der Waals surface area contributed by atoms with Gasteiger partial charge in [-0.25, -0.2) is 4.98 Å². The molecule has 28 heavy (non-hydrogen) atoms. The Morgan fingerprint density at radius 3 is 2.32 bits per heavy atom. The first-order valence-electron chi connectivity index (χ1n) is 8.74. The van der Waals surface area contributed by atoms with Crippen LogP contribution in [-0.4, -0.2) is 48.8 Å². The Hall–Kier alpha value is -1.29. The average molecular weight is 445 g/mol. The van der Waals surface area contributed by atoms with Crippen LogP contribution in [0.25, 0.3) is 0 Å². The first kappa shape index (κ1) is 24.7. The number of nitrogens with zero attached hydrogens (tertiary/aromatic N) is 2. The fourth-order valence-electron chi connectivity index (χ4n) is 3.29. The van der Waals surface area contributed by atoms with E-state index in [0.717, 1.165) is 12.3 Å². The highest BCUT2D eigenvalue weighted by molar-refractivity contribution is 5.86. The predicted octanol–water partition coefficient (Wildman–Crippen LogP) is 2.54. The van der Waals surface area contributed by atoms with Gasteiger partial charge >= 0.3 is 6.18 Å². The van der Waals surface area contributed by atoms with Gasteiger partial charge in [0.25, 0.3) is 0 Å². The van der Waals surface area contributed by atoms with Gasteiger partial charge in [-0.1, -0.05) is 0 Å². The summed E-state index contributed by atoms with van der Waals surface area (Å²) in [4.78, 5) is 18.3. The molecule has 0 aromatic carbocycles. The van der Waals surface area contributed by atoms with E-state index < -0.39 is 17.3 Å². The molecule has 160 valence electrons. The number of halogens is 5. The van der Waals surface area contributed by atoms with Crippen molar-refractivity contribution in [3.63, 3.8) is 0 Å². The van der Waals surface area contributed by atoms with E-state index in [-0.39, 0.29) is 36.8 Å². The standard InChI is InChI=1S/C17H23F3N4O2.2ClH/c18-17(19,20)12-1-2-14(22-11-12)24-7-3-13(4-8-24)23-15(25)16(21)5-9-26-10-6-16;;/h1-2,11,13H,3-10,21H2,(H,23,25);2*1H. The van der Waals surface area contributed by atoms with Gasteiger partial charge in [0.15, 0.2) is 0 Å². The van der Waals surface area contributed by atoms with Crippen LogP contribution in [0.1, 0.15) is 31.2 Å². The van der Waals surface area contributed by atoms with E-state index >= 15 is 0 Å². The lowest BCUT2D eigenvalue weighted by Gasteiger charge is -2.37. The van der Waals surface area contributed by atoms with Crippen molar-refractivity contribution in [2.75, 3.05) is 31.2 Å². The summed E-state index contributed by atoms with van der Waals surface area (Å²) in [5.74, 6) is 0.370. The molecule has 2 saturated heterocycles. The molecule has 0 bridgehead atoms. The molecular weight excluding hydrogens is 420 g/mol. The molecule has 6 nitrogen and oxygen atoms in total. The summed E-state index contributed by atoms with van der Waals surface area (Å²) in [6, 6.07) is 2.44. The number of amides is 1. The Morgan fingerprint density at radius 2 is 1.82 bits per heavy atom. The normalized spacial score (nSPS) is 19.9. The van der Waals surface area contributed by atoms with E-state index in [1.165, 1.54) is 6.07 Å². The molecule has 0 radical (unpaired) electrons. The zero-order chi connectivity index (χ0) is 18.8. The summed E-state index contributed by atoms with van der Waals surface area (Å²) < 4.78 is 43.1. The first-order chi connectivity index (χ1) is 12.3. The number of alkyl halides is 3. The Morgan fingerprint density at radius 1 is 1.21 bits per heavy atom. The van der Waals surface area contributed by atoms with Crippen LogP contribution in [0.15, 0.2) is 18.3 Å². The van der Waals surface area contributed by atoms with Crippen LogP contribution in [0.4, 0.5) is 19.0 Å². The summed E-state index contributed by atoms with van der Waals surface area (Å²) in [7, 11) is 0. The van der Waals surface area contributed by atoms with Crippen molar-refractivity contribution in [3.8, 4) is 0 Å². The second kappa shape index (κ2) is 9.96. The fourth-order valence-corrected chi connectivity index (χ4v) is 3.29. The molecule has 2 fully saturated rings. The van der Waals surface area contributed by atoms with Crippen LogP contribution in [0, 0.1) is 0 Å². The molecular formula is C17H25Cl2F3N4O2.